The summed E-state index contributed by atoms with van der Waals surface area (Å²) >= 11 is 0. The van der Waals surface area contributed by atoms with Gasteiger partial charge >= 0.3 is 0 Å². The molecule has 7 heteroatoms. The lowest BCUT2D eigenvalue weighted by Gasteiger charge is -2.27. The van der Waals surface area contributed by atoms with E-state index in [1.807, 2.05) is 110 Å². The van der Waals surface area contributed by atoms with Crippen LogP contribution in [0.1, 0.15) is 36.4 Å². The van der Waals surface area contributed by atoms with Crippen LogP contribution in [0.4, 0.5) is 0 Å². The number of aromatic nitrogens is 2. The van der Waals surface area contributed by atoms with Crippen LogP contribution in [0.25, 0.3) is 11.0 Å². The van der Waals surface area contributed by atoms with Crippen molar-refractivity contribution in [3.63, 3.8) is 0 Å². The minimum absolute atomic E-state index is 0.00663. The number of nitrogens with one attached hydrogen (secondary N) is 1. The van der Waals surface area contributed by atoms with E-state index in [4.69, 9.17) is 9.72 Å². The molecule has 0 unspecified atom stereocenters. The molecule has 0 aliphatic heterocycles. The lowest BCUT2D eigenvalue weighted by molar-refractivity contribution is -0.134. The van der Waals surface area contributed by atoms with E-state index in [1.54, 1.807) is 0 Å². The summed E-state index contributed by atoms with van der Waals surface area (Å²) in [5.74, 6) is 1.06. The van der Waals surface area contributed by atoms with E-state index in [1.165, 1.54) is 0 Å². The fraction of sp³-hybridized carbons (Fsp3) is 0.300. The van der Waals surface area contributed by atoms with Gasteiger partial charge in [-0.2, -0.15) is 0 Å². The van der Waals surface area contributed by atoms with Gasteiger partial charge in [-0.05, 0) is 62.6 Å². The number of hydrogen-bond acceptors (Lipinski definition) is 4. The maximum absolute atomic E-state index is 13.5. The summed E-state index contributed by atoms with van der Waals surface area (Å²) in [6, 6.07) is 23.6. The van der Waals surface area contributed by atoms with E-state index in [-0.39, 0.29) is 37.6 Å². The van der Waals surface area contributed by atoms with E-state index in [0.717, 1.165) is 27.7 Å². The standard InChI is InChI=1S/C30H34N4O3/c1-21(2)33(18-24-10-6-5-7-11-24)30(36)19-34-26-13-9-8-12-25(26)32-28(34)17-31-29(35)20-37-27-16-22(3)14-15-23(27)4/h5-16,21H,17-20H2,1-4H3,(H,31,35). The molecular weight excluding hydrogens is 464 g/mol. The summed E-state index contributed by atoms with van der Waals surface area (Å²) in [6.45, 7) is 8.73. The van der Waals surface area contributed by atoms with Gasteiger partial charge in [-0.1, -0.05) is 54.6 Å². The number of carbonyl (C=O) groups is 2. The van der Waals surface area contributed by atoms with Crippen molar-refractivity contribution in [2.75, 3.05) is 6.61 Å². The molecule has 1 aromatic heterocycles. The maximum Gasteiger partial charge on any atom is 0.258 e. The first kappa shape index (κ1) is 25.9. The Labute approximate surface area is 218 Å². The van der Waals surface area contributed by atoms with Gasteiger partial charge in [0.15, 0.2) is 6.61 Å². The number of fused-ring (bicyclic) bond motifs is 1. The van der Waals surface area contributed by atoms with Crippen LogP contribution in [-0.2, 0) is 29.2 Å². The molecule has 2 amide bonds. The monoisotopic (exact) mass is 498 g/mol. The van der Waals surface area contributed by atoms with Crippen LogP contribution < -0.4 is 10.1 Å². The number of imidazole rings is 1. The zero-order valence-corrected chi connectivity index (χ0v) is 21.9. The number of hydrogen-bond donors (Lipinski definition) is 1. The van der Waals surface area contributed by atoms with Gasteiger partial charge in [0.2, 0.25) is 5.91 Å². The third kappa shape index (κ3) is 6.55. The molecule has 0 spiro atoms. The van der Waals surface area contributed by atoms with Crippen LogP contribution in [0, 0.1) is 13.8 Å². The van der Waals surface area contributed by atoms with Crippen LogP contribution in [0.3, 0.4) is 0 Å². The van der Waals surface area contributed by atoms with Crippen molar-refractivity contribution in [2.24, 2.45) is 0 Å². The second kappa shape index (κ2) is 11.7. The number of aryl methyl sites for hydroxylation is 2. The summed E-state index contributed by atoms with van der Waals surface area (Å²) in [5, 5.41) is 2.90. The Hall–Kier alpha value is -4.13. The predicted octanol–water partition coefficient (Wildman–Crippen LogP) is 4.79. The largest absolute Gasteiger partial charge is 0.483 e. The first-order valence-corrected chi connectivity index (χ1v) is 12.6. The zero-order chi connectivity index (χ0) is 26.4. The lowest BCUT2D eigenvalue weighted by Crippen LogP contribution is -2.39. The first-order valence-electron chi connectivity index (χ1n) is 12.6. The van der Waals surface area contributed by atoms with Gasteiger partial charge < -0.3 is 19.5 Å². The van der Waals surface area contributed by atoms with Gasteiger partial charge in [0.25, 0.3) is 5.91 Å². The second-order valence-corrected chi connectivity index (χ2v) is 9.54. The molecule has 0 saturated carbocycles. The number of rotatable bonds is 10. The Morgan fingerprint density at radius 2 is 1.73 bits per heavy atom. The van der Waals surface area contributed by atoms with Crippen molar-refractivity contribution < 1.29 is 14.3 Å². The zero-order valence-electron chi connectivity index (χ0n) is 21.9. The van der Waals surface area contributed by atoms with E-state index >= 15 is 0 Å². The Bertz CT molecular complexity index is 1380. The fourth-order valence-corrected chi connectivity index (χ4v) is 4.24. The Morgan fingerprint density at radius 3 is 2.49 bits per heavy atom. The highest BCUT2D eigenvalue weighted by atomic mass is 16.5. The summed E-state index contributed by atoms with van der Waals surface area (Å²) in [4.78, 5) is 32.6. The van der Waals surface area contributed by atoms with Crippen LogP contribution in [0.2, 0.25) is 0 Å². The third-order valence-electron chi connectivity index (χ3n) is 6.31. The molecule has 0 fully saturated rings. The van der Waals surface area contributed by atoms with Gasteiger partial charge in [-0.15, -0.1) is 0 Å². The van der Waals surface area contributed by atoms with Crippen molar-refractivity contribution in [1.82, 2.24) is 19.8 Å². The first-order chi connectivity index (χ1) is 17.8. The molecule has 7 nitrogen and oxygen atoms in total. The summed E-state index contributed by atoms with van der Waals surface area (Å²) < 4.78 is 7.63. The van der Waals surface area contributed by atoms with Gasteiger partial charge in [-0.3, -0.25) is 9.59 Å². The van der Waals surface area contributed by atoms with Crippen molar-refractivity contribution in [3.8, 4) is 5.75 Å². The summed E-state index contributed by atoms with van der Waals surface area (Å²) in [6.07, 6.45) is 0. The molecule has 3 aromatic carbocycles. The predicted molar refractivity (Wildman–Crippen MR) is 145 cm³/mol. The van der Waals surface area contributed by atoms with Gasteiger partial charge in [0, 0.05) is 12.6 Å². The highest BCUT2D eigenvalue weighted by molar-refractivity contribution is 5.82. The average molecular weight is 499 g/mol. The average Bonchev–Trinajstić information content (AvgIpc) is 3.24. The molecule has 1 heterocycles. The number of para-hydroxylation sites is 2. The SMILES string of the molecule is Cc1ccc(C)c(OCC(=O)NCc2nc3ccccc3n2CC(=O)N(Cc2ccccc2)C(C)C)c1. The van der Waals surface area contributed by atoms with Gasteiger partial charge in [0.1, 0.15) is 18.1 Å². The van der Waals surface area contributed by atoms with Crippen LogP contribution in [0.5, 0.6) is 5.75 Å². The molecule has 0 radical (unpaired) electrons. The number of benzene rings is 3. The Balaban J connectivity index is 1.47. The highest BCUT2D eigenvalue weighted by Gasteiger charge is 2.21. The normalized spacial score (nSPS) is 11.1. The number of carbonyl (C=O) groups excluding carboxylic acids is 2. The summed E-state index contributed by atoms with van der Waals surface area (Å²) in [5.41, 5.74) is 4.77. The molecule has 0 saturated heterocycles. The minimum Gasteiger partial charge on any atom is -0.483 e. The van der Waals surface area contributed by atoms with Crippen LogP contribution >= 0.6 is 0 Å². The lowest BCUT2D eigenvalue weighted by atomic mass is 10.1. The number of amides is 2. The number of ether oxygens (including phenoxy) is 1. The Kier molecular flexibility index (Phi) is 8.23. The molecule has 0 aliphatic carbocycles. The number of nitrogens with zero attached hydrogens (tertiary/aromatic N) is 3. The highest BCUT2D eigenvalue weighted by Crippen LogP contribution is 2.20. The minimum atomic E-state index is -0.251. The van der Waals surface area contributed by atoms with Crippen molar-refractivity contribution >= 4 is 22.8 Å². The molecule has 37 heavy (non-hydrogen) atoms. The third-order valence-corrected chi connectivity index (χ3v) is 6.31. The molecule has 0 atom stereocenters. The topological polar surface area (TPSA) is 76.5 Å². The molecule has 192 valence electrons. The molecule has 1 N–H and O–H groups in total. The second-order valence-electron chi connectivity index (χ2n) is 9.54. The quantitative estimate of drug-likeness (QED) is 0.341. The van der Waals surface area contributed by atoms with Gasteiger partial charge in [-0.25, -0.2) is 4.98 Å². The molecule has 4 rings (SSSR count). The molecule has 0 bridgehead atoms. The van der Waals surface area contributed by atoms with Gasteiger partial charge in [0.05, 0.1) is 17.6 Å². The van der Waals surface area contributed by atoms with E-state index in [2.05, 4.69) is 5.32 Å². The van der Waals surface area contributed by atoms with E-state index < -0.39 is 0 Å². The Morgan fingerprint density at radius 1 is 1.00 bits per heavy atom. The molecule has 0 aliphatic rings. The van der Waals surface area contributed by atoms with Crippen molar-refractivity contribution in [3.05, 3.63) is 95.3 Å². The van der Waals surface area contributed by atoms with Crippen molar-refractivity contribution in [1.29, 1.82) is 0 Å². The van der Waals surface area contributed by atoms with E-state index in [9.17, 15) is 9.59 Å². The van der Waals surface area contributed by atoms with Crippen LogP contribution in [-0.4, -0.2) is 38.9 Å². The fourth-order valence-electron chi connectivity index (χ4n) is 4.24. The smallest absolute Gasteiger partial charge is 0.258 e. The van der Waals surface area contributed by atoms with Crippen molar-refractivity contribution in [2.45, 2.75) is 53.4 Å². The summed E-state index contributed by atoms with van der Waals surface area (Å²) in [7, 11) is 0. The van der Waals surface area contributed by atoms with Crippen LogP contribution in [0.15, 0.2) is 72.8 Å². The molecular formula is C30H34N4O3. The maximum atomic E-state index is 13.5. The van der Waals surface area contributed by atoms with E-state index in [0.29, 0.717) is 18.1 Å². The molecule has 4 aromatic rings.